The summed E-state index contributed by atoms with van der Waals surface area (Å²) in [4.78, 5) is 45.3. The lowest BCUT2D eigenvalue weighted by molar-refractivity contribution is 0.189. The molecule has 5 rings (SSSR count). The number of halogens is 1. The fourth-order valence-corrected chi connectivity index (χ4v) is 5.00. The van der Waals surface area contributed by atoms with Gasteiger partial charge in [-0.05, 0) is 37.5 Å². The van der Waals surface area contributed by atoms with Crippen LogP contribution < -0.4 is 21.9 Å². The minimum atomic E-state index is -1.08. The second kappa shape index (κ2) is 8.24. The van der Waals surface area contributed by atoms with Crippen molar-refractivity contribution in [2.24, 2.45) is 14.1 Å². The lowest BCUT2D eigenvalue weighted by Gasteiger charge is -2.21. The molecular formula is C22H24ClN7O4. The molecule has 4 N–H and O–H groups in total. The van der Waals surface area contributed by atoms with Gasteiger partial charge in [-0.25, -0.2) is 9.59 Å². The van der Waals surface area contributed by atoms with E-state index >= 15 is 0 Å². The Balaban J connectivity index is 1.54. The molecule has 1 saturated carbocycles. The summed E-state index contributed by atoms with van der Waals surface area (Å²) in [5.41, 5.74) is 1.09. The highest BCUT2D eigenvalue weighted by Gasteiger charge is 2.30. The second-order valence-electron chi connectivity index (χ2n) is 8.63. The number of fused-ring (bicyclic) bond motifs is 2. The van der Waals surface area contributed by atoms with Gasteiger partial charge in [0.05, 0.1) is 12.6 Å². The Labute approximate surface area is 198 Å². The van der Waals surface area contributed by atoms with Crippen LogP contribution in [0.2, 0.25) is 5.02 Å². The molecule has 0 radical (unpaired) electrons. The number of benzene rings is 1. The van der Waals surface area contributed by atoms with Crippen LogP contribution >= 0.6 is 11.6 Å². The van der Waals surface area contributed by atoms with Gasteiger partial charge in [0, 0.05) is 41.8 Å². The number of hydrogen-bond acceptors (Lipinski definition) is 5. The van der Waals surface area contributed by atoms with E-state index in [2.05, 4.69) is 20.6 Å². The number of carbonyl (C=O) groups is 1. The van der Waals surface area contributed by atoms with Gasteiger partial charge in [-0.2, -0.15) is 4.98 Å². The highest BCUT2D eigenvalue weighted by molar-refractivity contribution is 6.35. The highest BCUT2D eigenvalue weighted by atomic mass is 35.5. The van der Waals surface area contributed by atoms with Crippen molar-refractivity contribution in [3.05, 3.63) is 55.8 Å². The number of nitrogens with one attached hydrogen (secondary N) is 3. The molecule has 0 bridgehead atoms. The minimum absolute atomic E-state index is 0.0492. The zero-order chi connectivity index (χ0) is 24.1. The molecule has 34 heavy (non-hydrogen) atoms. The van der Waals surface area contributed by atoms with E-state index in [0.29, 0.717) is 23.1 Å². The van der Waals surface area contributed by atoms with Gasteiger partial charge in [-0.3, -0.25) is 13.9 Å². The van der Waals surface area contributed by atoms with E-state index in [-0.39, 0.29) is 29.8 Å². The quantitative estimate of drug-likeness (QED) is 0.342. The number of aromatic amines is 1. The van der Waals surface area contributed by atoms with Crippen LogP contribution in [0.3, 0.4) is 0 Å². The van der Waals surface area contributed by atoms with Crippen LogP contribution in [-0.2, 0) is 20.6 Å². The number of aryl methyl sites for hydroxylation is 2. The van der Waals surface area contributed by atoms with Crippen LogP contribution in [0.5, 0.6) is 0 Å². The van der Waals surface area contributed by atoms with Crippen LogP contribution in [-0.4, -0.2) is 47.0 Å². The van der Waals surface area contributed by atoms with E-state index in [4.69, 9.17) is 16.7 Å². The number of H-pyrrole nitrogens is 1. The van der Waals surface area contributed by atoms with Gasteiger partial charge in [0.25, 0.3) is 5.56 Å². The lowest BCUT2D eigenvalue weighted by Crippen LogP contribution is -2.43. The van der Waals surface area contributed by atoms with Gasteiger partial charge in [-0.1, -0.05) is 17.7 Å². The first kappa shape index (κ1) is 22.1. The average molecular weight is 486 g/mol. The number of rotatable bonds is 5. The first-order chi connectivity index (χ1) is 16.2. The van der Waals surface area contributed by atoms with Crippen molar-refractivity contribution in [1.29, 1.82) is 0 Å². The molecule has 1 fully saturated rings. The standard InChI is InChI=1S/C22H24ClN7O4/c1-28-17-18(27-20(28)25-15-7-4-8-16(15)26-21(32)33)29(2)22(34)30(19(17)31)10-11-9-12-13(23)5-3-6-14(12)24-11/h3,5-6,9,15-16,24,26H,4,7-8,10H2,1-2H3,(H,25,27)(H,32,33)/t15-,16+/m0/s1. The van der Waals surface area contributed by atoms with Crippen molar-refractivity contribution in [3.63, 3.8) is 0 Å². The zero-order valence-corrected chi connectivity index (χ0v) is 19.4. The molecule has 0 aliphatic heterocycles. The molecule has 1 aliphatic carbocycles. The largest absolute Gasteiger partial charge is 0.465 e. The molecule has 0 spiro atoms. The molecule has 3 aromatic heterocycles. The molecule has 0 saturated heterocycles. The Bertz CT molecular complexity index is 1550. The normalized spacial score (nSPS) is 18.1. The minimum Gasteiger partial charge on any atom is -0.465 e. The van der Waals surface area contributed by atoms with Crippen molar-refractivity contribution < 1.29 is 9.90 Å². The van der Waals surface area contributed by atoms with Gasteiger partial charge < -0.3 is 25.3 Å². The van der Waals surface area contributed by atoms with E-state index in [1.165, 1.54) is 4.57 Å². The molecule has 11 nitrogen and oxygen atoms in total. The van der Waals surface area contributed by atoms with Crippen LogP contribution in [0.4, 0.5) is 10.7 Å². The van der Waals surface area contributed by atoms with Gasteiger partial charge in [-0.15, -0.1) is 0 Å². The zero-order valence-electron chi connectivity index (χ0n) is 18.6. The van der Waals surface area contributed by atoms with E-state index < -0.39 is 17.3 Å². The number of hydrogen-bond donors (Lipinski definition) is 4. The van der Waals surface area contributed by atoms with Crippen LogP contribution in [0.1, 0.15) is 25.0 Å². The number of anilines is 1. The molecule has 1 aromatic carbocycles. The second-order valence-corrected chi connectivity index (χ2v) is 9.04. The number of imidazole rings is 1. The van der Waals surface area contributed by atoms with Gasteiger partial charge in [0.15, 0.2) is 11.2 Å². The van der Waals surface area contributed by atoms with Gasteiger partial charge >= 0.3 is 11.8 Å². The van der Waals surface area contributed by atoms with Crippen molar-refractivity contribution in [3.8, 4) is 0 Å². The van der Waals surface area contributed by atoms with Crippen LogP contribution in [0.15, 0.2) is 33.9 Å². The lowest BCUT2D eigenvalue weighted by atomic mass is 10.2. The Morgan fingerprint density at radius 3 is 2.74 bits per heavy atom. The molecule has 12 heteroatoms. The SMILES string of the molecule is Cn1c(N[C@H]2CCC[C@H]2NC(=O)O)nc2c1c(=O)n(Cc1cc3c(Cl)cccc3[nH]1)c(=O)n2C. The summed E-state index contributed by atoms with van der Waals surface area (Å²) >= 11 is 6.26. The van der Waals surface area contributed by atoms with E-state index in [9.17, 15) is 14.4 Å². The summed E-state index contributed by atoms with van der Waals surface area (Å²) in [5, 5.41) is 16.3. The third-order valence-electron chi connectivity index (χ3n) is 6.49. The van der Waals surface area contributed by atoms with E-state index in [1.807, 2.05) is 18.2 Å². The third kappa shape index (κ3) is 3.61. The maximum atomic E-state index is 13.4. The van der Waals surface area contributed by atoms with Crippen LogP contribution in [0.25, 0.3) is 22.1 Å². The van der Waals surface area contributed by atoms with Crippen molar-refractivity contribution >= 4 is 45.7 Å². The predicted octanol–water partition coefficient (Wildman–Crippen LogP) is 2.22. The number of amides is 1. The highest BCUT2D eigenvalue weighted by Crippen LogP contribution is 2.25. The first-order valence-electron chi connectivity index (χ1n) is 10.9. The summed E-state index contributed by atoms with van der Waals surface area (Å²) in [6.07, 6.45) is 1.27. The smallest absolute Gasteiger partial charge is 0.404 e. The predicted molar refractivity (Wildman–Crippen MR) is 129 cm³/mol. The maximum Gasteiger partial charge on any atom is 0.404 e. The fraction of sp³-hybridized carbons (Fsp3) is 0.364. The number of nitrogens with zero attached hydrogens (tertiary/aromatic N) is 4. The Morgan fingerprint density at radius 1 is 1.24 bits per heavy atom. The molecule has 4 aromatic rings. The monoisotopic (exact) mass is 485 g/mol. The molecule has 0 unspecified atom stereocenters. The molecule has 178 valence electrons. The Hall–Kier alpha value is -3.73. The van der Waals surface area contributed by atoms with Crippen molar-refractivity contribution in [2.75, 3.05) is 5.32 Å². The molecule has 1 amide bonds. The summed E-state index contributed by atoms with van der Waals surface area (Å²) in [7, 11) is 3.27. The summed E-state index contributed by atoms with van der Waals surface area (Å²) in [6.45, 7) is 0.0492. The van der Waals surface area contributed by atoms with Crippen molar-refractivity contribution in [1.82, 2.24) is 29.0 Å². The van der Waals surface area contributed by atoms with Crippen LogP contribution in [0, 0.1) is 0 Å². The Morgan fingerprint density at radius 2 is 2.00 bits per heavy atom. The molecule has 2 atom stereocenters. The molecule has 3 heterocycles. The third-order valence-corrected chi connectivity index (χ3v) is 6.82. The maximum absolute atomic E-state index is 13.4. The molecule has 1 aliphatic rings. The van der Waals surface area contributed by atoms with Crippen molar-refractivity contribution in [2.45, 2.75) is 37.9 Å². The van der Waals surface area contributed by atoms with Gasteiger partial charge in [0.2, 0.25) is 5.95 Å². The summed E-state index contributed by atoms with van der Waals surface area (Å²) in [6, 6.07) is 6.90. The van der Waals surface area contributed by atoms with Gasteiger partial charge in [0.1, 0.15) is 0 Å². The fourth-order valence-electron chi connectivity index (χ4n) is 4.77. The summed E-state index contributed by atoms with van der Waals surface area (Å²) < 4.78 is 4.13. The molecular weight excluding hydrogens is 462 g/mol. The van der Waals surface area contributed by atoms with E-state index in [0.717, 1.165) is 28.3 Å². The Kier molecular flexibility index (Phi) is 5.35. The average Bonchev–Trinajstić information content (AvgIpc) is 3.48. The first-order valence-corrected chi connectivity index (χ1v) is 11.3. The topological polar surface area (TPSA) is 139 Å². The summed E-state index contributed by atoms with van der Waals surface area (Å²) in [5.74, 6) is 0.404. The number of aromatic nitrogens is 5. The number of carboxylic acid groups (broad SMARTS) is 1. The van der Waals surface area contributed by atoms with E-state index in [1.54, 1.807) is 24.7 Å².